The average molecular weight is 280 g/mol. The molecule has 0 amide bonds. The van der Waals surface area contributed by atoms with Crippen LogP contribution in [0.25, 0.3) is 0 Å². The highest BCUT2D eigenvalue weighted by Crippen LogP contribution is 2.25. The molecule has 0 spiro atoms. The molecule has 0 heterocycles. The Bertz CT molecular complexity index is 562. The van der Waals surface area contributed by atoms with Gasteiger partial charge in [-0.15, -0.1) is 0 Å². The molecule has 0 aromatic heterocycles. The summed E-state index contributed by atoms with van der Waals surface area (Å²) in [6.45, 7) is 4.04. The van der Waals surface area contributed by atoms with Crippen molar-refractivity contribution in [3.8, 4) is 0 Å². The smallest absolute Gasteiger partial charge is 0.200 e. The zero-order valence-electron chi connectivity index (χ0n) is 11.4. The van der Waals surface area contributed by atoms with Gasteiger partial charge in [0.2, 0.25) is 0 Å². The van der Waals surface area contributed by atoms with E-state index in [1.54, 1.807) is 24.3 Å². The molecule has 1 aromatic carbocycles. The number of aryl methyl sites for hydroxylation is 1. The van der Waals surface area contributed by atoms with E-state index in [2.05, 4.69) is 16.9 Å². The lowest BCUT2D eigenvalue weighted by Crippen LogP contribution is -2.21. The first-order valence-corrected chi connectivity index (χ1v) is 8.16. The third kappa shape index (κ3) is 3.35. The van der Waals surface area contributed by atoms with Gasteiger partial charge in [0.25, 0.3) is 10.0 Å². The topological polar surface area (TPSA) is 58.5 Å². The van der Waals surface area contributed by atoms with Crippen LogP contribution in [0.2, 0.25) is 0 Å². The normalized spacial score (nSPS) is 21.8. The van der Waals surface area contributed by atoms with Crippen molar-refractivity contribution >= 4 is 15.7 Å². The second kappa shape index (κ2) is 5.74. The van der Waals surface area contributed by atoms with Crippen LogP contribution in [0.4, 0.5) is 0 Å². The maximum Gasteiger partial charge on any atom is 0.276 e. The van der Waals surface area contributed by atoms with Crippen LogP contribution in [-0.2, 0) is 10.0 Å². The van der Waals surface area contributed by atoms with Crippen LogP contribution in [0.15, 0.2) is 34.3 Å². The van der Waals surface area contributed by atoms with Crippen molar-refractivity contribution in [2.75, 3.05) is 0 Å². The number of hydrogen-bond donors (Lipinski definition) is 1. The molecule has 104 valence electrons. The van der Waals surface area contributed by atoms with Gasteiger partial charge < -0.3 is 0 Å². The molecule has 0 radical (unpaired) electrons. The van der Waals surface area contributed by atoms with Crippen LogP contribution in [0.3, 0.4) is 0 Å². The van der Waals surface area contributed by atoms with Crippen LogP contribution in [0, 0.1) is 12.8 Å². The molecule has 0 saturated heterocycles. The Labute approximate surface area is 115 Å². The van der Waals surface area contributed by atoms with Crippen LogP contribution in [-0.4, -0.2) is 14.1 Å². The van der Waals surface area contributed by atoms with Gasteiger partial charge in [-0.05, 0) is 50.7 Å². The number of rotatable bonds is 4. The summed E-state index contributed by atoms with van der Waals surface area (Å²) < 4.78 is 24.2. The number of nitrogens with zero attached hydrogens (tertiary/aromatic N) is 1. The molecule has 0 unspecified atom stereocenters. The van der Waals surface area contributed by atoms with E-state index in [9.17, 15) is 8.42 Å². The van der Waals surface area contributed by atoms with Crippen molar-refractivity contribution < 1.29 is 8.42 Å². The number of sulfonamides is 1. The summed E-state index contributed by atoms with van der Waals surface area (Å²) in [6.07, 6.45) is 4.13. The highest BCUT2D eigenvalue weighted by Gasteiger charge is 2.22. The predicted octanol–water partition coefficient (Wildman–Crippen LogP) is 2.84. The Morgan fingerprint density at radius 2 is 2.00 bits per heavy atom. The number of hydrogen-bond acceptors (Lipinski definition) is 3. The summed E-state index contributed by atoms with van der Waals surface area (Å²) in [7, 11) is -3.53. The minimum Gasteiger partial charge on any atom is -0.200 e. The second-order valence-electron chi connectivity index (χ2n) is 5.01. The molecule has 1 saturated carbocycles. The van der Waals surface area contributed by atoms with E-state index >= 15 is 0 Å². The lowest BCUT2D eigenvalue weighted by molar-refractivity contribution is 0.583. The van der Waals surface area contributed by atoms with Gasteiger partial charge >= 0.3 is 0 Å². The zero-order valence-corrected chi connectivity index (χ0v) is 12.2. The maximum atomic E-state index is 12.1. The van der Waals surface area contributed by atoms with Gasteiger partial charge in [0, 0.05) is 5.71 Å². The highest BCUT2D eigenvalue weighted by molar-refractivity contribution is 7.89. The van der Waals surface area contributed by atoms with Crippen molar-refractivity contribution in [1.82, 2.24) is 4.83 Å². The standard InChI is InChI=1S/C14H20N2O2S/c1-3-12-5-4-6-14(12)15-16-19(17,18)13-9-7-11(2)8-10-13/h7-10,12,16H,3-6H2,1-2H3/b15-14-/t12-/m0/s1. The molecule has 1 N–H and O–H groups in total. The summed E-state index contributed by atoms with van der Waals surface area (Å²) in [4.78, 5) is 2.62. The van der Waals surface area contributed by atoms with Crippen LogP contribution < -0.4 is 4.83 Å². The summed E-state index contributed by atoms with van der Waals surface area (Å²) in [5.41, 5.74) is 2.02. The summed E-state index contributed by atoms with van der Waals surface area (Å²) in [6, 6.07) is 6.77. The van der Waals surface area contributed by atoms with Gasteiger partial charge in [-0.1, -0.05) is 24.6 Å². The van der Waals surface area contributed by atoms with Crippen molar-refractivity contribution in [3.05, 3.63) is 29.8 Å². The molecule has 1 fully saturated rings. The van der Waals surface area contributed by atoms with Gasteiger partial charge in [-0.3, -0.25) is 0 Å². The summed E-state index contributed by atoms with van der Waals surface area (Å²) in [5, 5.41) is 4.12. The monoisotopic (exact) mass is 280 g/mol. The molecule has 2 rings (SSSR count). The molecule has 1 aliphatic carbocycles. The van der Waals surface area contributed by atoms with Crippen LogP contribution in [0.1, 0.15) is 38.2 Å². The van der Waals surface area contributed by atoms with E-state index in [4.69, 9.17) is 0 Å². The van der Waals surface area contributed by atoms with Crippen LogP contribution in [0.5, 0.6) is 0 Å². The fraction of sp³-hybridized carbons (Fsp3) is 0.500. The number of benzene rings is 1. The third-order valence-corrected chi connectivity index (χ3v) is 4.81. The SMILES string of the molecule is CC[C@H]1CCC/C1=N/NS(=O)(=O)c1ccc(C)cc1. The van der Waals surface area contributed by atoms with Gasteiger partial charge in [0.1, 0.15) is 0 Å². The molecule has 5 heteroatoms. The first-order chi connectivity index (χ1) is 9.03. The fourth-order valence-electron chi connectivity index (χ4n) is 2.38. The largest absolute Gasteiger partial charge is 0.276 e. The molecule has 0 bridgehead atoms. The van der Waals surface area contributed by atoms with Crippen molar-refractivity contribution in [1.29, 1.82) is 0 Å². The first kappa shape index (κ1) is 14.1. The third-order valence-electron chi connectivity index (χ3n) is 3.59. The molecule has 0 aliphatic heterocycles. The molecule has 4 nitrogen and oxygen atoms in total. The predicted molar refractivity (Wildman–Crippen MR) is 76.6 cm³/mol. The Balaban J connectivity index is 2.14. The molecule has 1 aromatic rings. The van der Waals surface area contributed by atoms with Gasteiger partial charge in [-0.25, -0.2) is 4.83 Å². The molecule has 1 aliphatic rings. The van der Waals surface area contributed by atoms with E-state index in [1.807, 2.05) is 6.92 Å². The maximum absolute atomic E-state index is 12.1. The minimum absolute atomic E-state index is 0.258. The quantitative estimate of drug-likeness (QED) is 0.862. The molecule has 1 atom stereocenters. The van der Waals surface area contributed by atoms with E-state index < -0.39 is 10.0 Å². The van der Waals surface area contributed by atoms with Crippen molar-refractivity contribution in [3.63, 3.8) is 0 Å². The number of nitrogens with one attached hydrogen (secondary N) is 1. The highest BCUT2D eigenvalue weighted by atomic mass is 32.2. The lowest BCUT2D eigenvalue weighted by atomic mass is 10.0. The fourth-order valence-corrected chi connectivity index (χ4v) is 3.21. The Kier molecular flexibility index (Phi) is 4.24. The first-order valence-electron chi connectivity index (χ1n) is 6.68. The second-order valence-corrected chi connectivity index (χ2v) is 6.67. The van der Waals surface area contributed by atoms with E-state index in [1.165, 1.54) is 0 Å². The Hall–Kier alpha value is -1.36. The van der Waals surface area contributed by atoms with Gasteiger partial charge in [0.05, 0.1) is 4.90 Å². The Morgan fingerprint density at radius 3 is 2.63 bits per heavy atom. The molecular formula is C14H20N2O2S. The van der Waals surface area contributed by atoms with Gasteiger partial charge in [0.15, 0.2) is 0 Å². The van der Waals surface area contributed by atoms with Crippen molar-refractivity contribution in [2.45, 2.75) is 44.4 Å². The average Bonchev–Trinajstić information content (AvgIpc) is 2.84. The van der Waals surface area contributed by atoms with E-state index in [0.717, 1.165) is 37.0 Å². The summed E-state index contributed by atoms with van der Waals surface area (Å²) >= 11 is 0. The van der Waals surface area contributed by atoms with Gasteiger partial charge in [-0.2, -0.15) is 13.5 Å². The lowest BCUT2D eigenvalue weighted by Gasteiger charge is -2.09. The minimum atomic E-state index is -3.53. The van der Waals surface area contributed by atoms with Crippen molar-refractivity contribution in [2.24, 2.45) is 11.0 Å². The molecule has 19 heavy (non-hydrogen) atoms. The number of hydrazone groups is 1. The van der Waals surface area contributed by atoms with Crippen LogP contribution >= 0.6 is 0 Å². The Morgan fingerprint density at radius 1 is 1.32 bits per heavy atom. The van der Waals surface area contributed by atoms with E-state index in [-0.39, 0.29) is 4.90 Å². The zero-order chi connectivity index (χ0) is 13.9. The molecular weight excluding hydrogens is 260 g/mol. The van der Waals surface area contributed by atoms with E-state index in [0.29, 0.717) is 5.92 Å². The summed E-state index contributed by atoms with van der Waals surface area (Å²) in [5.74, 6) is 0.431.